The molecule has 1 atom stereocenters. The minimum absolute atomic E-state index is 0.0532. The molecule has 0 saturated carbocycles. The van der Waals surface area contributed by atoms with Gasteiger partial charge in [0.1, 0.15) is 11.9 Å². The smallest absolute Gasteiger partial charge is 0.238 e. The second-order valence-electron chi connectivity index (χ2n) is 6.00. The topological polar surface area (TPSA) is 64.9 Å². The van der Waals surface area contributed by atoms with Crippen LogP contribution in [-0.4, -0.2) is 12.5 Å². The summed E-state index contributed by atoms with van der Waals surface area (Å²) in [6.45, 7) is 4.09. The quantitative estimate of drug-likeness (QED) is 0.809. The van der Waals surface area contributed by atoms with Crippen LogP contribution in [0.2, 0.25) is 5.02 Å². The van der Waals surface area contributed by atoms with Gasteiger partial charge in [0.25, 0.3) is 0 Å². The van der Waals surface area contributed by atoms with E-state index in [-0.39, 0.29) is 30.2 Å². The first-order chi connectivity index (χ1) is 11.9. The Hall–Kier alpha value is -2.42. The molecule has 2 aromatic carbocycles. The monoisotopic (exact) mass is 359 g/mol. The van der Waals surface area contributed by atoms with Crippen LogP contribution in [0.3, 0.4) is 0 Å². The van der Waals surface area contributed by atoms with Gasteiger partial charge in [-0.2, -0.15) is 5.26 Å². The Morgan fingerprint density at radius 2 is 1.92 bits per heavy atom. The number of hydrogen-bond acceptors (Lipinski definition) is 3. The van der Waals surface area contributed by atoms with Gasteiger partial charge in [-0.25, -0.2) is 4.39 Å². The molecule has 0 bridgehead atoms. The molecular formula is C19H19ClFN3O. The number of amides is 1. The average molecular weight is 360 g/mol. The molecule has 0 aliphatic heterocycles. The van der Waals surface area contributed by atoms with Crippen molar-refractivity contribution >= 4 is 23.2 Å². The Balaban J connectivity index is 2.03. The summed E-state index contributed by atoms with van der Waals surface area (Å²) in [5, 5.41) is 15.4. The van der Waals surface area contributed by atoms with Crippen molar-refractivity contribution in [3.8, 4) is 6.07 Å². The highest BCUT2D eigenvalue weighted by Crippen LogP contribution is 2.22. The molecule has 0 aliphatic carbocycles. The Kier molecular flexibility index (Phi) is 6.51. The molecule has 25 heavy (non-hydrogen) atoms. The van der Waals surface area contributed by atoms with Crippen molar-refractivity contribution in [2.75, 3.05) is 11.9 Å². The summed E-state index contributed by atoms with van der Waals surface area (Å²) in [6, 6.07) is 12.8. The summed E-state index contributed by atoms with van der Waals surface area (Å²) in [5.74, 6) is -0.375. The number of hydrogen-bond donors (Lipinski definition) is 2. The Bertz CT molecular complexity index is 784. The van der Waals surface area contributed by atoms with E-state index in [0.717, 1.165) is 5.56 Å². The Morgan fingerprint density at radius 3 is 2.52 bits per heavy atom. The summed E-state index contributed by atoms with van der Waals surface area (Å²) in [5.41, 5.74) is 1.63. The molecule has 0 radical (unpaired) electrons. The molecule has 0 saturated heterocycles. The summed E-state index contributed by atoms with van der Waals surface area (Å²) >= 11 is 5.91. The number of anilines is 1. The molecule has 2 N–H and O–H groups in total. The number of carbonyl (C=O) groups excluding carboxylic acids is 1. The van der Waals surface area contributed by atoms with E-state index in [1.807, 2.05) is 19.9 Å². The third kappa shape index (κ3) is 5.28. The summed E-state index contributed by atoms with van der Waals surface area (Å²) < 4.78 is 13.1. The van der Waals surface area contributed by atoms with Crippen LogP contribution in [0.15, 0.2) is 42.5 Å². The number of halogens is 2. The van der Waals surface area contributed by atoms with Crippen LogP contribution in [0.1, 0.15) is 31.0 Å². The maximum absolute atomic E-state index is 13.1. The fourth-order valence-electron chi connectivity index (χ4n) is 2.52. The van der Waals surface area contributed by atoms with Crippen LogP contribution in [0, 0.1) is 23.1 Å². The molecule has 0 fully saturated rings. The fraction of sp³-hybridized carbons (Fsp3) is 0.263. The molecule has 0 unspecified atom stereocenters. The number of carbonyl (C=O) groups is 1. The van der Waals surface area contributed by atoms with Crippen molar-refractivity contribution < 1.29 is 9.18 Å². The van der Waals surface area contributed by atoms with E-state index in [2.05, 4.69) is 10.6 Å². The highest BCUT2D eigenvalue weighted by Gasteiger charge is 2.17. The first-order valence-electron chi connectivity index (χ1n) is 7.89. The van der Waals surface area contributed by atoms with Crippen LogP contribution >= 0.6 is 11.6 Å². The van der Waals surface area contributed by atoms with Gasteiger partial charge in [0.05, 0.1) is 17.8 Å². The zero-order valence-corrected chi connectivity index (χ0v) is 14.8. The van der Waals surface area contributed by atoms with Crippen LogP contribution in [-0.2, 0) is 4.79 Å². The van der Waals surface area contributed by atoms with Gasteiger partial charge in [-0.15, -0.1) is 0 Å². The van der Waals surface area contributed by atoms with Crippen molar-refractivity contribution in [2.24, 2.45) is 5.92 Å². The normalized spacial score (nSPS) is 11.8. The molecular weight excluding hydrogens is 341 g/mol. The van der Waals surface area contributed by atoms with E-state index in [0.29, 0.717) is 16.3 Å². The van der Waals surface area contributed by atoms with Gasteiger partial charge in [0, 0.05) is 11.1 Å². The standard InChI is InChI=1S/C19H19ClFN3O/c1-12(2)19(13-4-7-16(21)8-5-13)23-11-18(25)24-17-9-15(20)6-3-14(17)10-22/h3-9,12,19,23H,11H2,1-2H3,(H,24,25)/t19-/m0/s1. The molecule has 0 heterocycles. The Labute approximate surface area is 151 Å². The summed E-state index contributed by atoms with van der Waals surface area (Å²) in [6.07, 6.45) is 0. The fourth-order valence-corrected chi connectivity index (χ4v) is 2.70. The lowest BCUT2D eigenvalue weighted by molar-refractivity contribution is -0.115. The van der Waals surface area contributed by atoms with E-state index < -0.39 is 0 Å². The maximum Gasteiger partial charge on any atom is 0.238 e. The highest BCUT2D eigenvalue weighted by atomic mass is 35.5. The highest BCUT2D eigenvalue weighted by molar-refractivity contribution is 6.31. The van der Waals surface area contributed by atoms with Crippen LogP contribution in [0.25, 0.3) is 0 Å². The predicted octanol–water partition coefficient (Wildman–Crippen LogP) is 4.28. The lowest BCUT2D eigenvalue weighted by Gasteiger charge is -2.23. The van der Waals surface area contributed by atoms with Crippen LogP contribution in [0.4, 0.5) is 10.1 Å². The lowest BCUT2D eigenvalue weighted by atomic mass is 9.96. The maximum atomic E-state index is 13.1. The van der Waals surface area contributed by atoms with Crippen molar-refractivity contribution in [2.45, 2.75) is 19.9 Å². The third-order valence-corrected chi connectivity index (χ3v) is 3.99. The Morgan fingerprint density at radius 1 is 1.24 bits per heavy atom. The molecule has 130 valence electrons. The van der Waals surface area contributed by atoms with Crippen LogP contribution < -0.4 is 10.6 Å². The van der Waals surface area contributed by atoms with E-state index in [1.54, 1.807) is 24.3 Å². The SMILES string of the molecule is CC(C)[C@H](NCC(=O)Nc1cc(Cl)ccc1C#N)c1ccc(F)cc1. The minimum atomic E-state index is -0.297. The van der Waals surface area contributed by atoms with E-state index >= 15 is 0 Å². The molecule has 2 aromatic rings. The lowest BCUT2D eigenvalue weighted by Crippen LogP contribution is -2.33. The average Bonchev–Trinajstić information content (AvgIpc) is 2.56. The molecule has 6 heteroatoms. The third-order valence-electron chi connectivity index (χ3n) is 3.75. The number of rotatable bonds is 6. The van der Waals surface area contributed by atoms with Crippen molar-refractivity contribution in [3.05, 3.63) is 64.4 Å². The van der Waals surface area contributed by atoms with Crippen molar-refractivity contribution in [3.63, 3.8) is 0 Å². The number of nitrogens with one attached hydrogen (secondary N) is 2. The molecule has 1 amide bonds. The van der Waals surface area contributed by atoms with E-state index in [1.165, 1.54) is 18.2 Å². The van der Waals surface area contributed by atoms with Gasteiger partial charge in [0.2, 0.25) is 5.91 Å². The van der Waals surface area contributed by atoms with Gasteiger partial charge in [0.15, 0.2) is 0 Å². The van der Waals surface area contributed by atoms with E-state index in [9.17, 15) is 9.18 Å². The summed E-state index contributed by atoms with van der Waals surface area (Å²) in [7, 11) is 0. The van der Waals surface area contributed by atoms with Gasteiger partial charge in [-0.3, -0.25) is 4.79 Å². The molecule has 2 rings (SSSR count). The number of benzene rings is 2. The molecule has 0 aromatic heterocycles. The van der Waals surface area contributed by atoms with Gasteiger partial charge < -0.3 is 10.6 Å². The molecule has 0 spiro atoms. The van der Waals surface area contributed by atoms with Gasteiger partial charge in [-0.05, 0) is 41.8 Å². The minimum Gasteiger partial charge on any atom is -0.324 e. The number of nitriles is 1. The first kappa shape index (κ1) is 18.9. The predicted molar refractivity (Wildman–Crippen MR) is 96.8 cm³/mol. The zero-order valence-electron chi connectivity index (χ0n) is 14.0. The second-order valence-corrected chi connectivity index (χ2v) is 6.44. The van der Waals surface area contributed by atoms with Gasteiger partial charge in [-0.1, -0.05) is 37.6 Å². The van der Waals surface area contributed by atoms with E-state index in [4.69, 9.17) is 16.9 Å². The first-order valence-corrected chi connectivity index (χ1v) is 8.27. The summed E-state index contributed by atoms with van der Waals surface area (Å²) in [4.78, 5) is 12.2. The molecule has 0 aliphatic rings. The number of nitrogens with zero attached hydrogens (tertiary/aromatic N) is 1. The second kappa shape index (κ2) is 8.61. The van der Waals surface area contributed by atoms with Gasteiger partial charge >= 0.3 is 0 Å². The molecule has 4 nitrogen and oxygen atoms in total. The van der Waals surface area contributed by atoms with Crippen LogP contribution in [0.5, 0.6) is 0 Å². The van der Waals surface area contributed by atoms with Crippen molar-refractivity contribution in [1.82, 2.24) is 5.32 Å². The van der Waals surface area contributed by atoms with Crippen molar-refractivity contribution in [1.29, 1.82) is 5.26 Å². The zero-order chi connectivity index (χ0) is 18.4. The largest absolute Gasteiger partial charge is 0.324 e.